The molecule has 0 heterocycles. The van der Waals surface area contributed by atoms with Crippen LogP contribution in [0.25, 0.3) is 6.08 Å². The van der Waals surface area contributed by atoms with Crippen molar-refractivity contribution < 1.29 is 14.3 Å². The van der Waals surface area contributed by atoms with Gasteiger partial charge in [0.1, 0.15) is 17.8 Å². The maximum Gasteiger partial charge on any atom is 0.131 e. The van der Waals surface area contributed by atoms with Crippen molar-refractivity contribution in [3.63, 3.8) is 0 Å². The van der Waals surface area contributed by atoms with E-state index in [9.17, 15) is 4.79 Å². The number of rotatable bonds is 4. The Morgan fingerprint density at radius 2 is 1.68 bits per heavy atom. The Bertz CT molecular complexity index is 714. The molecule has 1 atom stereocenters. The number of carbonyl (C=O) groups is 1. The molecule has 0 amide bonds. The third-order valence-corrected chi connectivity index (χ3v) is 4.09. The van der Waals surface area contributed by atoms with Gasteiger partial charge >= 0.3 is 0 Å². The van der Waals surface area contributed by atoms with Crippen LogP contribution >= 0.6 is 0 Å². The molecule has 0 aromatic heterocycles. The van der Waals surface area contributed by atoms with Crippen LogP contribution in [0, 0.1) is 0 Å². The second-order valence-corrected chi connectivity index (χ2v) is 5.35. The number of carbonyl (C=O) groups excluding carboxylic acids is 1. The Hall–Kier alpha value is -2.55. The normalized spacial score (nSPS) is 18.1. The van der Waals surface area contributed by atoms with E-state index < -0.39 is 0 Å². The number of aldehydes is 1. The molecule has 0 spiro atoms. The highest BCUT2D eigenvalue weighted by molar-refractivity contribution is 5.77. The third-order valence-electron chi connectivity index (χ3n) is 4.09. The summed E-state index contributed by atoms with van der Waals surface area (Å²) >= 11 is 0. The second kappa shape index (κ2) is 6.06. The first-order chi connectivity index (χ1) is 10.7. The van der Waals surface area contributed by atoms with Crippen LogP contribution in [0.1, 0.15) is 22.6 Å². The van der Waals surface area contributed by atoms with Gasteiger partial charge in [-0.1, -0.05) is 29.8 Å². The third kappa shape index (κ3) is 2.62. The van der Waals surface area contributed by atoms with Crippen molar-refractivity contribution in [1.82, 2.24) is 0 Å². The van der Waals surface area contributed by atoms with Crippen molar-refractivity contribution in [3.8, 4) is 11.5 Å². The number of fused-ring (bicyclic) bond motifs is 1. The molecular formula is C19H18O3. The van der Waals surface area contributed by atoms with Gasteiger partial charge in [-0.25, -0.2) is 0 Å². The van der Waals surface area contributed by atoms with Crippen molar-refractivity contribution in [3.05, 3.63) is 64.7 Å². The average molecular weight is 294 g/mol. The zero-order chi connectivity index (χ0) is 15.5. The molecule has 0 saturated carbocycles. The number of ether oxygens (including phenoxy) is 2. The van der Waals surface area contributed by atoms with Crippen LogP contribution in [-0.2, 0) is 11.2 Å². The van der Waals surface area contributed by atoms with Gasteiger partial charge in [0.05, 0.1) is 20.1 Å². The summed E-state index contributed by atoms with van der Waals surface area (Å²) in [5.74, 6) is 1.43. The van der Waals surface area contributed by atoms with E-state index in [-0.39, 0.29) is 5.92 Å². The van der Waals surface area contributed by atoms with E-state index in [2.05, 4.69) is 6.08 Å². The number of methoxy groups -OCH3 is 2. The molecule has 0 N–H and O–H groups in total. The second-order valence-electron chi connectivity index (χ2n) is 5.35. The highest BCUT2D eigenvalue weighted by Crippen LogP contribution is 2.39. The van der Waals surface area contributed by atoms with Gasteiger partial charge in [0, 0.05) is 0 Å². The average Bonchev–Trinajstić information content (AvgIpc) is 2.91. The summed E-state index contributed by atoms with van der Waals surface area (Å²) in [5.41, 5.74) is 4.43. The highest BCUT2D eigenvalue weighted by Gasteiger charge is 2.27. The molecule has 1 aliphatic carbocycles. The van der Waals surface area contributed by atoms with Gasteiger partial charge in [0.25, 0.3) is 0 Å². The molecule has 3 rings (SSSR count). The van der Waals surface area contributed by atoms with Crippen LogP contribution in [0.15, 0.2) is 48.0 Å². The van der Waals surface area contributed by atoms with Crippen LogP contribution < -0.4 is 9.47 Å². The molecule has 3 heteroatoms. The van der Waals surface area contributed by atoms with Crippen molar-refractivity contribution >= 4 is 12.4 Å². The number of hydrogen-bond acceptors (Lipinski definition) is 3. The highest BCUT2D eigenvalue weighted by atomic mass is 16.5. The number of hydrogen-bond donors (Lipinski definition) is 0. The molecule has 2 aromatic rings. The SMILES string of the molecule is COc1ccc(/C=C2\Cc3ccc(OC)cc3C2C=O)cc1. The smallest absolute Gasteiger partial charge is 0.131 e. The lowest BCUT2D eigenvalue weighted by atomic mass is 9.97. The van der Waals surface area contributed by atoms with Crippen LogP contribution in [0.4, 0.5) is 0 Å². The summed E-state index contributed by atoms with van der Waals surface area (Å²) in [6, 6.07) is 13.8. The molecule has 0 aliphatic heterocycles. The van der Waals surface area contributed by atoms with Gasteiger partial charge in [0.2, 0.25) is 0 Å². The molecule has 0 fully saturated rings. The molecule has 22 heavy (non-hydrogen) atoms. The largest absolute Gasteiger partial charge is 0.497 e. The van der Waals surface area contributed by atoms with E-state index in [0.29, 0.717) is 0 Å². The lowest BCUT2D eigenvalue weighted by molar-refractivity contribution is -0.108. The standard InChI is InChI=1S/C19H18O3/c1-21-16-6-3-13(4-7-16)9-15-10-14-5-8-17(22-2)11-18(14)19(15)12-20/h3-9,11-12,19H,10H2,1-2H3/b15-9+. The minimum absolute atomic E-state index is 0.188. The van der Waals surface area contributed by atoms with Crippen molar-refractivity contribution in [2.24, 2.45) is 0 Å². The van der Waals surface area contributed by atoms with Crippen LogP contribution in [-0.4, -0.2) is 20.5 Å². The topological polar surface area (TPSA) is 35.5 Å². The van der Waals surface area contributed by atoms with E-state index in [0.717, 1.165) is 40.9 Å². The van der Waals surface area contributed by atoms with E-state index in [1.54, 1.807) is 14.2 Å². The van der Waals surface area contributed by atoms with Crippen molar-refractivity contribution in [2.75, 3.05) is 14.2 Å². The zero-order valence-electron chi connectivity index (χ0n) is 12.7. The van der Waals surface area contributed by atoms with E-state index in [1.165, 1.54) is 5.56 Å². The fraction of sp³-hybridized carbons (Fsp3) is 0.211. The van der Waals surface area contributed by atoms with E-state index in [4.69, 9.17) is 9.47 Å². The predicted molar refractivity (Wildman–Crippen MR) is 86.5 cm³/mol. The Labute approximate surface area is 130 Å². The summed E-state index contributed by atoms with van der Waals surface area (Å²) in [4.78, 5) is 11.6. The van der Waals surface area contributed by atoms with Gasteiger partial charge in [0.15, 0.2) is 0 Å². The molecule has 2 aromatic carbocycles. The molecule has 1 unspecified atom stereocenters. The van der Waals surface area contributed by atoms with Crippen LogP contribution in [0.2, 0.25) is 0 Å². The number of allylic oxidation sites excluding steroid dienone is 1. The number of benzene rings is 2. The minimum Gasteiger partial charge on any atom is -0.497 e. The lowest BCUT2D eigenvalue weighted by Gasteiger charge is -2.07. The zero-order valence-corrected chi connectivity index (χ0v) is 12.7. The molecule has 0 bridgehead atoms. The van der Waals surface area contributed by atoms with E-state index in [1.807, 2.05) is 42.5 Å². The van der Waals surface area contributed by atoms with Crippen LogP contribution in [0.3, 0.4) is 0 Å². The molecular weight excluding hydrogens is 276 g/mol. The first kappa shape index (κ1) is 14.4. The Kier molecular flexibility index (Phi) is 3.96. The van der Waals surface area contributed by atoms with Gasteiger partial charge in [-0.05, 0) is 47.4 Å². The Morgan fingerprint density at radius 1 is 1.00 bits per heavy atom. The quantitative estimate of drug-likeness (QED) is 0.808. The summed E-state index contributed by atoms with van der Waals surface area (Å²) in [7, 11) is 3.29. The summed E-state index contributed by atoms with van der Waals surface area (Å²) < 4.78 is 10.4. The summed E-state index contributed by atoms with van der Waals surface area (Å²) in [6.07, 6.45) is 3.90. The fourth-order valence-electron chi connectivity index (χ4n) is 2.90. The first-order valence-corrected chi connectivity index (χ1v) is 7.21. The van der Waals surface area contributed by atoms with Gasteiger partial charge < -0.3 is 14.3 Å². The van der Waals surface area contributed by atoms with Crippen molar-refractivity contribution in [1.29, 1.82) is 0 Å². The molecule has 3 nitrogen and oxygen atoms in total. The predicted octanol–water partition coefficient (Wildman–Crippen LogP) is 3.63. The van der Waals surface area contributed by atoms with Gasteiger partial charge in [-0.2, -0.15) is 0 Å². The Balaban J connectivity index is 1.94. The molecule has 0 radical (unpaired) electrons. The maximum atomic E-state index is 11.6. The summed E-state index contributed by atoms with van der Waals surface area (Å²) in [5, 5.41) is 0. The minimum atomic E-state index is -0.188. The maximum absolute atomic E-state index is 11.6. The van der Waals surface area contributed by atoms with Gasteiger partial charge in [-0.3, -0.25) is 0 Å². The lowest BCUT2D eigenvalue weighted by Crippen LogP contribution is -1.98. The van der Waals surface area contributed by atoms with Crippen LogP contribution in [0.5, 0.6) is 11.5 Å². The van der Waals surface area contributed by atoms with Gasteiger partial charge in [-0.15, -0.1) is 0 Å². The van der Waals surface area contributed by atoms with E-state index >= 15 is 0 Å². The monoisotopic (exact) mass is 294 g/mol. The summed E-state index contributed by atoms with van der Waals surface area (Å²) in [6.45, 7) is 0. The molecule has 112 valence electrons. The molecule has 0 saturated heterocycles. The van der Waals surface area contributed by atoms with Crippen molar-refractivity contribution in [2.45, 2.75) is 12.3 Å². The fourth-order valence-corrected chi connectivity index (χ4v) is 2.90. The molecule has 1 aliphatic rings. The Morgan fingerprint density at radius 3 is 2.32 bits per heavy atom. The first-order valence-electron chi connectivity index (χ1n) is 7.21.